The Kier molecular flexibility index (Phi) is 6.72. The number of carbonyl (C=O) groups is 1. The second kappa shape index (κ2) is 9.94. The minimum absolute atomic E-state index is 0.0453. The summed E-state index contributed by atoms with van der Waals surface area (Å²) in [5.74, 6) is -0.430. The van der Waals surface area contributed by atoms with Crippen molar-refractivity contribution in [2.24, 2.45) is 0 Å². The van der Waals surface area contributed by atoms with Crippen molar-refractivity contribution >= 4 is 5.91 Å². The van der Waals surface area contributed by atoms with E-state index in [0.717, 1.165) is 18.5 Å². The fourth-order valence-electron chi connectivity index (χ4n) is 5.06. The molecule has 1 amide bonds. The number of amides is 1. The van der Waals surface area contributed by atoms with Crippen molar-refractivity contribution in [2.45, 2.75) is 37.9 Å². The Morgan fingerprint density at radius 1 is 1.17 bits per heavy atom. The van der Waals surface area contributed by atoms with Crippen LogP contribution < -0.4 is 10.1 Å². The molecule has 10 heteroatoms. The van der Waals surface area contributed by atoms with Gasteiger partial charge in [-0.05, 0) is 30.5 Å². The predicted molar refractivity (Wildman–Crippen MR) is 127 cm³/mol. The van der Waals surface area contributed by atoms with Crippen LogP contribution in [0, 0.1) is 0 Å². The van der Waals surface area contributed by atoms with Crippen LogP contribution in [0.1, 0.15) is 35.4 Å². The summed E-state index contributed by atoms with van der Waals surface area (Å²) in [5, 5.41) is 3.45. The van der Waals surface area contributed by atoms with Crippen LogP contribution in [-0.2, 0) is 4.74 Å². The van der Waals surface area contributed by atoms with Crippen LogP contribution in [-0.4, -0.2) is 65.1 Å². The van der Waals surface area contributed by atoms with Gasteiger partial charge in [0.25, 0.3) is 5.91 Å². The Hall–Kier alpha value is -3.37. The molecule has 2 saturated heterocycles. The number of nitrogens with zero attached hydrogens (tertiary/aromatic N) is 3. The lowest BCUT2D eigenvalue weighted by Crippen LogP contribution is -2.58. The molecule has 1 aromatic heterocycles. The standard InChI is InChI=1S/C26H27F3N4O3/c1-17(18-6-2-3-7-19(18)20-8-4-5-9-23(20)36-26(27,28)29)33-16-30-14-22(33)25(34)32-12-10-21-24(15-32)35-13-11-31-21/h2-9,14,16-17,21,24,31H,10-13,15H2,1H3/t17-,21?,24+/m0/s1. The number of carbonyl (C=O) groups excluding carboxylic acids is 1. The number of hydrogen-bond acceptors (Lipinski definition) is 5. The van der Waals surface area contributed by atoms with Gasteiger partial charge in [0.1, 0.15) is 11.4 Å². The third kappa shape index (κ3) is 4.96. The molecule has 0 radical (unpaired) electrons. The molecule has 2 fully saturated rings. The summed E-state index contributed by atoms with van der Waals surface area (Å²) in [5.41, 5.74) is 2.05. The number of piperidine rings is 1. The molecule has 1 N–H and O–H groups in total. The van der Waals surface area contributed by atoms with Crippen LogP contribution in [0.25, 0.3) is 11.1 Å². The second-order valence-corrected chi connectivity index (χ2v) is 9.00. The van der Waals surface area contributed by atoms with Gasteiger partial charge in [0.15, 0.2) is 0 Å². The number of nitrogens with one attached hydrogen (secondary N) is 1. The number of halogens is 3. The molecule has 2 aliphatic rings. The fraction of sp³-hybridized carbons (Fsp3) is 0.385. The Morgan fingerprint density at radius 2 is 1.92 bits per heavy atom. The first-order valence-corrected chi connectivity index (χ1v) is 11.9. The average molecular weight is 501 g/mol. The number of imidazole rings is 1. The third-order valence-electron chi connectivity index (χ3n) is 6.80. The van der Waals surface area contributed by atoms with Crippen molar-refractivity contribution < 1.29 is 27.4 Å². The van der Waals surface area contributed by atoms with E-state index in [0.29, 0.717) is 36.5 Å². The molecule has 190 valence electrons. The summed E-state index contributed by atoms with van der Waals surface area (Å²) in [6.07, 6.45) is -0.937. The summed E-state index contributed by atoms with van der Waals surface area (Å²) >= 11 is 0. The van der Waals surface area contributed by atoms with E-state index in [1.807, 2.05) is 19.1 Å². The maximum atomic E-state index is 13.5. The monoisotopic (exact) mass is 500 g/mol. The summed E-state index contributed by atoms with van der Waals surface area (Å²) in [6, 6.07) is 13.1. The quantitative estimate of drug-likeness (QED) is 0.567. The van der Waals surface area contributed by atoms with E-state index in [9.17, 15) is 18.0 Å². The minimum atomic E-state index is -4.81. The summed E-state index contributed by atoms with van der Waals surface area (Å²) in [4.78, 5) is 19.5. The SMILES string of the molecule is C[C@@H](c1ccccc1-c1ccccc1OC(F)(F)F)n1cncc1C(=O)N1CCC2NCCO[C@@H]2C1. The first-order chi connectivity index (χ1) is 17.3. The van der Waals surface area contributed by atoms with Crippen LogP contribution in [0.3, 0.4) is 0 Å². The van der Waals surface area contributed by atoms with Crippen molar-refractivity contribution in [3.63, 3.8) is 0 Å². The first-order valence-electron chi connectivity index (χ1n) is 11.9. The van der Waals surface area contributed by atoms with Gasteiger partial charge in [-0.15, -0.1) is 13.2 Å². The number of hydrogen-bond donors (Lipinski definition) is 1. The summed E-state index contributed by atoms with van der Waals surface area (Å²) < 4.78 is 51.1. The Labute approximate surface area is 206 Å². The zero-order valence-electron chi connectivity index (χ0n) is 19.7. The molecule has 0 saturated carbocycles. The number of rotatable bonds is 5. The molecular formula is C26H27F3N4O3. The number of morpholine rings is 1. The molecule has 0 bridgehead atoms. The molecule has 36 heavy (non-hydrogen) atoms. The molecular weight excluding hydrogens is 473 g/mol. The van der Waals surface area contributed by atoms with E-state index in [-0.39, 0.29) is 29.8 Å². The van der Waals surface area contributed by atoms with E-state index in [1.54, 1.807) is 40.1 Å². The van der Waals surface area contributed by atoms with Gasteiger partial charge in [-0.25, -0.2) is 4.98 Å². The predicted octanol–water partition coefficient (Wildman–Crippen LogP) is 4.26. The molecule has 0 spiro atoms. The van der Waals surface area contributed by atoms with E-state index >= 15 is 0 Å². The van der Waals surface area contributed by atoms with Crippen molar-refractivity contribution in [1.29, 1.82) is 0 Å². The largest absolute Gasteiger partial charge is 0.573 e. The third-order valence-corrected chi connectivity index (χ3v) is 6.80. The van der Waals surface area contributed by atoms with Gasteiger partial charge < -0.3 is 24.3 Å². The molecule has 2 aromatic carbocycles. The molecule has 7 nitrogen and oxygen atoms in total. The lowest BCUT2D eigenvalue weighted by molar-refractivity contribution is -0.274. The maximum Gasteiger partial charge on any atom is 0.573 e. The Balaban J connectivity index is 1.44. The summed E-state index contributed by atoms with van der Waals surface area (Å²) in [6.45, 7) is 4.43. The molecule has 3 aromatic rings. The van der Waals surface area contributed by atoms with Gasteiger partial charge in [0.2, 0.25) is 0 Å². The van der Waals surface area contributed by atoms with E-state index < -0.39 is 6.36 Å². The first kappa shape index (κ1) is 24.3. The van der Waals surface area contributed by atoms with Crippen molar-refractivity contribution in [3.8, 4) is 16.9 Å². The molecule has 5 rings (SSSR count). The highest BCUT2D eigenvalue weighted by Gasteiger charge is 2.36. The number of likely N-dealkylation sites (tertiary alicyclic amines) is 1. The van der Waals surface area contributed by atoms with E-state index in [1.165, 1.54) is 18.3 Å². The number of fused-ring (bicyclic) bond motifs is 1. The average Bonchev–Trinajstić information content (AvgIpc) is 3.37. The van der Waals surface area contributed by atoms with Gasteiger partial charge in [-0.3, -0.25) is 4.79 Å². The topological polar surface area (TPSA) is 68.6 Å². The van der Waals surface area contributed by atoms with E-state index in [2.05, 4.69) is 15.0 Å². The number of alkyl halides is 3. The highest BCUT2D eigenvalue weighted by atomic mass is 19.4. The molecule has 2 aliphatic heterocycles. The van der Waals surface area contributed by atoms with Gasteiger partial charge in [-0.2, -0.15) is 0 Å². The smallest absolute Gasteiger partial charge is 0.405 e. The lowest BCUT2D eigenvalue weighted by atomic mass is 9.94. The molecule has 1 unspecified atom stereocenters. The minimum Gasteiger partial charge on any atom is -0.405 e. The van der Waals surface area contributed by atoms with Crippen molar-refractivity contribution in [2.75, 3.05) is 26.2 Å². The van der Waals surface area contributed by atoms with Gasteiger partial charge in [-0.1, -0.05) is 42.5 Å². The van der Waals surface area contributed by atoms with E-state index in [4.69, 9.17) is 4.74 Å². The molecule has 0 aliphatic carbocycles. The van der Waals surface area contributed by atoms with Crippen LogP contribution >= 0.6 is 0 Å². The molecule has 3 atom stereocenters. The fourth-order valence-corrected chi connectivity index (χ4v) is 5.06. The number of ether oxygens (including phenoxy) is 2. The Bertz CT molecular complexity index is 1230. The van der Waals surface area contributed by atoms with Crippen LogP contribution in [0.2, 0.25) is 0 Å². The highest BCUT2D eigenvalue weighted by Crippen LogP contribution is 2.38. The normalized spacial score (nSPS) is 21.1. The van der Waals surface area contributed by atoms with Crippen molar-refractivity contribution in [3.05, 3.63) is 72.3 Å². The highest BCUT2D eigenvalue weighted by molar-refractivity contribution is 5.92. The number of para-hydroxylation sites is 1. The zero-order valence-corrected chi connectivity index (χ0v) is 19.7. The lowest BCUT2D eigenvalue weighted by Gasteiger charge is -2.41. The van der Waals surface area contributed by atoms with Crippen molar-refractivity contribution in [1.82, 2.24) is 19.8 Å². The zero-order chi connectivity index (χ0) is 25.3. The summed E-state index contributed by atoms with van der Waals surface area (Å²) in [7, 11) is 0. The van der Waals surface area contributed by atoms with Gasteiger partial charge in [0.05, 0.1) is 31.3 Å². The molecule has 3 heterocycles. The van der Waals surface area contributed by atoms with Crippen LogP contribution in [0.15, 0.2) is 61.1 Å². The maximum absolute atomic E-state index is 13.5. The van der Waals surface area contributed by atoms with Crippen LogP contribution in [0.5, 0.6) is 5.75 Å². The van der Waals surface area contributed by atoms with Gasteiger partial charge >= 0.3 is 6.36 Å². The number of benzene rings is 2. The second-order valence-electron chi connectivity index (χ2n) is 9.00. The van der Waals surface area contributed by atoms with Gasteiger partial charge in [0, 0.05) is 31.2 Å². The number of aromatic nitrogens is 2. The van der Waals surface area contributed by atoms with Crippen LogP contribution in [0.4, 0.5) is 13.2 Å². The Morgan fingerprint density at radius 3 is 2.72 bits per heavy atom.